The Bertz CT molecular complexity index is 3770. The molecule has 5 aliphatic rings. The Labute approximate surface area is 529 Å². The number of piperidine rings is 2. The first-order valence-corrected chi connectivity index (χ1v) is 33.8. The number of benzene rings is 4. The molecule has 23 heteroatoms. The van der Waals surface area contributed by atoms with E-state index in [0.29, 0.717) is 49.6 Å². The number of unbranched alkanes of at least 4 members (excludes halogenated alkanes) is 1. The maximum atomic E-state index is 14.2. The third kappa shape index (κ3) is 15.5. The molecule has 1 aliphatic carbocycles. The van der Waals surface area contributed by atoms with Crippen LogP contribution in [0.2, 0.25) is 5.02 Å². The molecular weight excluding hydrogens is 1190 g/mol. The van der Waals surface area contributed by atoms with Gasteiger partial charge in [0.2, 0.25) is 11.8 Å². The summed E-state index contributed by atoms with van der Waals surface area (Å²) in [4.78, 5) is 82.8. The second-order valence-electron chi connectivity index (χ2n) is 25.0. The van der Waals surface area contributed by atoms with E-state index in [1.54, 1.807) is 47.1 Å². The van der Waals surface area contributed by atoms with Crippen molar-refractivity contribution in [3.05, 3.63) is 146 Å². The lowest BCUT2D eigenvalue weighted by Crippen LogP contribution is -2.52. The van der Waals surface area contributed by atoms with Gasteiger partial charge in [-0.15, -0.1) is 11.8 Å². The van der Waals surface area contributed by atoms with Crippen LogP contribution in [0.15, 0.2) is 119 Å². The van der Waals surface area contributed by atoms with E-state index >= 15 is 0 Å². The number of piperazine rings is 1. The molecule has 6 aromatic rings. The molecule has 20 nitrogen and oxygen atoms in total. The minimum Gasteiger partial charge on any atom is -0.455 e. The highest BCUT2D eigenvalue weighted by molar-refractivity contribution is 7.99. The number of carbonyl (C=O) groups excluding carboxylic acids is 4. The number of halogens is 1. The number of thioether (sulfide) groups is 1. The molecule has 0 spiro atoms. The van der Waals surface area contributed by atoms with Gasteiger partial charge >= 0.3 is 0 Å². The standard InChI is InChI=1S/C66H78ClN11O9S2/c1-66(2)24-20-47(54(39-66)45-10-12-48(67)13-11-45)42-75-31-33-76(34-32-75)49-14-16-53(59(37-49)87-50-36-46-21-25-68-62(46)70-41-50)63(80)72-89(85,86)51-15-17-56(58(38-51)78(83)84)69-40-44-22-29-74(30-23-44)28-7-27-73(3)26-4-5-35-88-60-9-6-8-52-55(60)43-77(65(52)82)57-18-19-61(79)71-64(57)81/h6,8-17,21,25,36-38,41,44,57,69H,4-5,7,18-20,22-24,26-35,39-40,42-43H2,1-3H3,(H,68,70)(H,72,80)(H,71,79,81). The molecule has 4 aliphatic heterocycles. The summed E-state index contributed by atoms with van der Waals surface area (Å²) in [6.07, 6.45) is 11.9. The minimum absolute atomic E-state index is 0.0467. The molecule has 11 rings (SSSR count). The quantitative estimate of drug-likeness (QED) is 0.0145. The van der Waals surface area contributed by atoms with E-state index in [0.717, 1.165) is 142 Å². The molecule has 4 aromatic carbocycles. The predicted molar refractivity (Wildman–Crippen MR) is 347 cm³/mol. The van der Waals surface area contributed by atoms with Crippen molar-refractivity contribution in [1.82, 2.24) is 39.6 Å². The molecule has 2 aromatic heterocycles. The first kappa shape index (κ1) is 63.2. The molecule has 4 amide bonds. The Morgan fingerprint density at radius 1 is 0.910 bits per heavy atom. The highest BCUT2D eigenvalue weighted by atomic mass is 35.5. The van der Waals surface area contributed by atoms with Crippen molar-refractivity contribution in [1.29, 1.82) is 0 Å². The Kier molecular flexibility index (Phi) is 19.8. The van der Waals surface area contributed by atoms with E-state index in [4.69, 9.17) is 16.3 Å². The number of hydrogen-bond acceptors (Lipinski definition) is 16. The van der Waals surface area contributed by atoms with Crippen molar-refractivity contribution >= 4 is 90.7 Å². The van der Waals surface area contributed by atoms with Crippen LogP contribution in [0.3, 0.4) is 0 Å². The number of aromatic nitrogens is 2. The fourth-order valence-corrected chi connectivity index (χ4v) is 15.1. The Balaban J connectivity index is 0.642. The lowest BCUT2D eigenvalue weighted by Gasteiger charge is -2.39. The van der Waals surface area contributed by atoms with Gasteiger partial charge in [0.1, 0.15) is 28.9 Å². The molecule has 89 heavy (non-hydrogen) atoms. The number of H-pyrrole nitrogens is 1. The van der Waals surface area contributed by atoms with Crippen molar-refractivity contribution in [2.45, 2.75) is 100 Å². The Morgan fingerprint density at radius 2 is 1.70 bits per heavy atom. The van der Waals surface area contributed by atoms with Gasteiger partial charge in [-0.2, -0.15) is 0 Å². The molecule has 0 bridgehead atoms. The lowest BCUT2D eigenvalue weighted by molar-refractivity contribution is -0.384. The SMILES string of the molecule is CN(CCCCSc1cccc2c1CN(C1CCC(=O)NC1=O)C2=O)CCCN1CCC(CNc2ccc(S(=O)(=O)NC(=O)c3ccc(N4CCN(CC5=C(c6ccc(Cl)cc6)CC(C)(C)CC5)CC4)cc3Oc3cnc4[nH]ccc4c3)cc2[N+](=O)[O-])CC1. The number of aromatic amines is 1. The first-order chi connectivity index (χ1) is 42.8. The number of rotatable bonds is 24. The number of pyridine rings is 1. The molecule has 470 valence electrons. The van der Waals surface area contributed by atoms with E-state index in [9.17, 15) is 37.7 Å². The first-order valence-electron chi connectivity index (χ1n) is 30.9. The van der Waals surface area contributed by atoms with Crippen molar-refractivity contribution in [3.63, 3.8) is 0 Å². The summed E-state index contributed by atoms with van der Waals surface area (Å²) in [5.74, 6) is -0.187. The lowest BCUT2D eigenvalue weighted by atomic mass is 9.72. The molecule has 3 saturated heterocycles. The number of amides is 4. The van der Waals surface area contributed by atoms with Gasteiger partial charge in [-0.05, 0) is 192 Å². The maximum absolute atomic E-state index is 14.2. The normalized spacial score (nSPS) is 18.6. The van der Waals surface area contributed by atoms with Gasteiger partial charge in [-0.1, -0.05) is 49.2 Å². The van der Waals surface area contributed by atoms with Crippen LogP contribution in [0.1, 0.15) is 110 Å². The van der Waals surface area contributed by atoms with E-state index < -0.39 is 43.4 Å². The summed E-state index contributed by atoms with van der Waals surface area (Å²) in [5, 5.41) is 19.6. The molecule has 4 N–H and O–H groups in total. The van der Waals surface area contributed by atoms with E-state index in [1.165, 1.54) is 35.0 Å². The number of nitro benzene ring substituents is 1. The van der Waals surface area contributed by atoms with Gasteiger partial charge in [-0.25, -0.2) is 18.1 Å². The highest BCUT2D eigenvalue weighted by Crippen LogP contribution is 2.44. The molecule has 6 heterocycles. The zero-order chi connectivity index (χ0) is 62.4. The van der Waals surface area contributed by atoms with E-state index in [-0.39, 0.29) is 46.6 Å². The van der Waals surface area contributed by atoms with Gasteiger partial charge in [0.05, 0.1) is 21.6 Å². The summed E-state index contributed by atoms with van der Waals surface area (Å²) in [6, 6.07) is 25.7. The third-order valence-electron chi connectivity index (χ3n) is 18.1. The van der Waals surface area contributed by atoms with Crippen molar-refractivity contribution < 1.29 is 37.3 Å². The van der Waals surface area contributed by atoms with Crippen LogP contribution in [0.4, 0.5) is 17.1 Å². The number of imide groups is 1. The smallest absolute Gasteiger partial charge is 0.293 e. The number of fused-ring (bicyclic) bond motifs is 2. The summed E-state index contributed by atoms with van der Waals surface area (Å²) in [5.41, 5.74) is 7.07. The van der Waals surface area contributed by atoms with Gasteiger partial charge in [-0.3, -0.25) is 39.5 Å². The molecule has 1 atom stereocenters. The van der Waals surface area contributed by atoms with E-state index in [2.05, 4.69) is 78.0 Å². The zero-order valence-electron chi connectivity index (χ0n) is 50.7. The topological polar surface area (TPSA) is 236 Å². The van der Waals surface area contributed by atoms with Crippen LogP contribution in [0.25, 0.3) is 16.6 Å². The van der Waals surface area contributed by atoms with Gasteiger partial charge < -0.3 is 34.6 Å². The second kappa shape index (κ2) is 27.8. The number of allylic oxidation sites excluding steroid dienone is 1. The molecular formula is C66H78ClN11O9S2. The molecule has 3 fully saturated rings. The van der Waals surface area contributed by atoms with Gasteiger partial charge in [0, 0.05) is 97.1 Å². The molecule has 1 unspecified atom stereocenters. The fourth-order valence-electron chi connectivity index (χ4n) is 12.9. The number of hydrogen-bond donors (Lipinski definition) is 4. The van der Waals surface area contributed by atoms with Gasteiger partial charge in [0.25, 0.3) is 27.5 Å². The van der Waals surface area contributed by atoms with Crippen LogP contribution < -0.4 is 25.0 Å². The number of nitro groups is 1. The van der Waals surface area contributed by atoms with Crippen LogP contribution in [-0.4, -0.2) is 157 Å². The maximum Gasteiger partial charge on any atom is 0.293 e. The van der Waals surface area contributed by atoms with Crippen LogP contribution >= 0.6 is 23.4 Å². The van der Waals surface area contributed by atoms with E-state index in [1.807, 2.05) is 36.4 Å². The number of nitrogens with zero attached hydrogens (tertiary/aromatic N) is 7. The Hall–Kier alpha value is -7.34. The molecule has 0 radical (unpaired) electrons. The van der Waals surface area contributed by atoms with Crippen molar-refractivity contribution in [2.75, 3.05) is 95.0 Å². The third-order valence-corrected chi connectivity index (χ3v) is 20.8. The summed E-state index contributed by atoms with van der Waals surface area (Å²) in [6.45, 7) is 14.1. The van der Waals surface area contributed by atoms with Crippen molar-refractivity contribution in [3.8, 4) is 11.5 Å². The minimum atomic E-state index is -4.62. The summed E-state index contributed by atoms with van der Waals surface area (Å²) < 4.78 is 36.5. The average molecular weight is 1270 g/mol. The fraction of sp³-hybridized carbons (Fsp3) is 0.439. The van der Waals surface area contributed by atoms with Crippen molar-refractivity contribution in [2.24, 2.45) is 11.3 Å². The number of sulfonamides is 1. The number of carbonyl (C=O) groups is 4. The Morgan fingerprint density at radius 3 is 2.47 bits per heavy atom. The average Bonchev–Trinajstić information content (AvgIpc) is 1.83. The van der Waals surface area contributed by atoms with Crippen LogP contribution in [-0.2, 0) is 26.2 Å². The largest absolute Gasteiger partial charge is 0.455 e. The number of anilines is 2. The zero-order valence-corrected chi connectivity index (χ0v) is 53.1. The van der Waals surface area contributed by atoms with Crippen LogP contribution in [0, 0.1) is 21.4 Å². The number of ether oxygens (including phenoxy) is 1. The summed E-state index contributed by atoms with van der Waals surface area (Å²) >= 11 is 8.02. The van der Waals surface area contributed by atoms with Crippen LogP contribution in [0.5, 0.6) is 11.5 Å². The monoisotopic (exact) mass is 1270 g/mol. The number of nitrogens with one attached hydrogen (secondary N) is 4. The summed E-state index contributed by atoms with van der Waals surface area (Å²) in [7, 11) is -2.47. The predicted octanol–water partition coefficient (Wildman–Crippen LogP) is 10.6. The highest BCUT2D eigenvalue weighted by Gasteiger charge is 2.40. The molecule has 0 saturated carbocycles. The second-order valence-corrected chi connectivity index (χ2v) is 28.2. The van der Waals surface area contributed by atoms with Gasteiger partial charge in [0.15, 0.2) is 0 Å². The number of likely N-dealkylation sites (tertiary alicyclic amines) is 1.